The molecule has 0 fully saturated rings. The van der Waals surface area contributed by atoms with Crippen LogP contribution in [0.4, 0.5) is 0 Å². The summed E-state index contributed by atoms with van der Waals surface area (Å²) in [7, 11) is 0. The number of hydrogen-bond acceptors (Lipinski definition) is 3. The van der Waals surface area contributed by atoms with Gasteiger partial charge in [0, 0.05) is 17.7 Å². The third-order valence-electron chi connectivity index (χ3n) is 2.77. The average Bonchev–Trinajstić information content (AvgIpc) is 2.14. The van der Waals surface area contributed by atoms with Crippen LogP contribution in [0.2, 0.25) is 0 Å². The zero-order chi connectivity index (χ0) is 11.8. The van der Waals surface area contributed by atoms with E-state index >= 15 is 0 Å². The van der Waals surface area contributed by atoms with Crippen LogP contribution in [0.5, 0.6) is 5.88 Å². The van der Waals surface area contributed by atoms with Gasteiger partial charge in [-0.25, -0.2) is 4.98 Å². The van der Waals surface area contributed by atoms with E-state index in [1.54, 1.807) is 6.20 Å². The van der Waals surface area contributed by atoms with E-state index in [9.17, 15) is 4.79 Å². The topological polar surface area (TPSA) is 59.4 Å². The summed E-state index contributed by atoms with van der Waals surface area (Å²) in [6, 6.07) is 3.71. The maximum absolute atomic E-state index is 10.8. The highest BCUT2D eigenvalue weighted by Crippen LogP contribution is 2.40. The molecule has 0 radical (unpaired) electrons. The molecule has 0 bridgehead atoms. The highest BCUT2D eigenvalue weighted by Gasteiger charge is 2.35. The quantitative estimate of drug-likeness (QED) is 0.831. The first-order chi connectivity index (χ1) is 7.48. The summed E-state index contributed by atoms with van der Waals surface area (Å²) in [6.45, 7) is 3.92. The molecule has 1 atom stereocenters. The number of rotatable bonds is 2. The van der Waals surface area contributed by atoms with Gasteiger partial charge < -0.3 is 9.84 Å². The molecule has 0 saturated carbocycles. The molecule has 0 aliphatic carbocycles. The number of carboxylic acid groups (broad SMARTS) is 1. The predicted molar refractivity (Wildman–Crippen MR) is 58.6 cm³/mol. The Labute approximate surface area is 94.3 Å². The average molecular weight is 221 g/mol. The van der Waals surface area contributed by atoms with Crippen molar-refractivity contribution in [3.63, 3.8) is 0 Å². The number of ether oxygens (including phenoxy) is 1. The van der Waals surface area contributed by atoms with Crippen LogP contribution in [-0.2, 0) is 4.79 Å². The largest absolute Gasteiger partial charge is 0.481 e. The second kappa shape index (κ2) is 3.77. The van der Waals surface area contributed by atoms with E-state index in [0.717, 1.165) is 5.56 Å². The van der Waals surface area contributed by atoms with Crippen molar-refractivity contribution in [1.29, 1.82) is 0 Å². The lowest BCUT2D eigenvalue weighted by Gasteiger charge is -2.36. The fourth-order valence-corrected chi connectivity index (χ4v) is 2.20. The number of aromatic nitrogens is 1. The first kappa shape index (κ1) is 10.9. The molecule has 0 saturated heterocycles. The van der Waals surface area contributed by atoms with Crippen molar-refractivity contribution in [2.45, 2.75) is 38.2 Å². The lowest BCUT2D eigenvalue weighted by atomic mass is 9.83. The van der Waals surface area contributed by atoms with Crippen molar-refractivity contribution in [1.82, 2.24) is 4.98 Å². The molecule has 1 unspecified atom stereocenters. The Bertz CT molecular complexity index is 414. The van der Waals surface area contributed by atoms with Crippen molar-refractivity contribution < 1.29 is 14.6 Å². The standard InChI is InChI=1S/C12H15NO3/c1-12(2)7-8(6-10(14)15)9-4-3-5-13-11(9)16-12/h3-5,8H,6-7H2,1-2H3,(H,14,15). The number of hydrogen-bond donors (Lipinski definition) is 1. The minimum atomic E-state index is -0.780. The third kappa shape index (κ3) is 2.15. The highest BCUT2D eigenvalue weighted by atomic mass is 16.5. The van der Waals surface area contributed by atoms with Gasteiger partial charge in [-0.1, -0.05) is 6.07 Å². The van der Waals surface area contributed by atoms with E-state index in [1.165, 1.54) is 0 Å². The summed E-state index contributed by atoms with van der Waals surface area (Å²) in [5.74, 6) is -0.215. The first-order valence-electron chi connectivity index (χ1n) is 5.34. The van der Waals surface area contributed by atoms with E-state index in [0.29, 0.717) is 12.3 Å². The van der Waals surface area contributed by atoms with Crippen LogP contribution >= 0.6 is 0 Å². The molecule has 4 nitrogen and oxygen atoms in total. The van der Waals surface area contributed by atoms with Gasteiger partial charge in [-0.15, -0.1) is 0 Å². The number of pyridine rings is 1. The SMILES string of the molecule is CC1(C)CC(CC(=O)O)c2cccnc2O1. The van der Waals surface area contributed by atoms with Gasteiger partial charge in [0.2, 0.25) is 5.88 Å². The minimum Gasteiger partial charge on any atom is -0.481 e. The van der Waals surface area contributed by atoms with E-state index < -0.39 is 5.97 Å². The Morgan fingerprint density at radius 3 is 3.12 bits per heavy atom. The maximum atomic E-state index is 10.8. The zero-order valence-corrected chi connectivity index (χ0v) is 9.43. The monoisotopic (exact) mass is 221 g/mol. The van der Waals surface area contributed by atoms with Crippen molar-refractivity contribution in [3.8, 4) is 5.88 Å². The molecule has 1 aromatic rings. The Kier molecular flexibility index (Phi) is 2.58. The highest BCUT2D eigenvalue weighted by molar-refractivity contribution is 5.68. The lowest BCUT2D eigenvalue weighted by Crippen LogP contribution is -2.35. The number of fused-ring (bicyclic) bond motifs is 1. The van der Waals surface area contributed by atoms with E-state index in [2.05, 4.69) is 4.98 Å². The van der Waals surface area contributed by atoms with Gasteiger partial charge in [-0.2, -0.15) is 0 Å². The summed E-state index contributed by atoms with van der Waals surface area (Å²) in [4.78, 5) is 15.0. The van der Waals surface area contributed by atoms with Gasteiger partial charge in [0.15, 0.2) is 0 Å². The van der Waals surface area contributed by atoms with Gasteiger partial charge >= 0.3 is 5.97 Å². The Morgan fingerprint density at radius 1 is 1.69 bits per heavy atom. The fraction of sp³-hybridized carbons (Fsp3) is 0.500. The summed E-state index contributed by atoms with van der Waals surface area (Å²) in [5.41, 5.74) is 0.561. The van der Waals surface area contributed by atoms with Gasteiger partial charge in [-0.05, 0) is 26.3 Å². The minimum absolute atomic E-state index is 0.00931. The molecular weight excluding hydrogens is 206 g/mol. The van der Waals surface area contributed by atoms with E-state index in [-0.39, 0.29) is 17.9 Å². The molecule has 1 aliphatic rings. The van der Waals surface area contributed by atoms with Crippen LogP contribution in [0.15, 0.2) is 18.3 Å². The van der Waals surface area contributed by atoms with Crippen LogP contribution in [0.3, 0.4) is 0 Å². The molecule has 0 spiro atoms. The van der Waals surface area contributed by atoms with Crippen molar-refractivity contribution in [2.75, 3.05) is 0 Å². The zero-order valence-electron chi connectivity index (χ0n) is 9.43. The number of carboxylic acids is 1. The number of carbonyl (C=O) groups is 1. The van der Waals surface area contributed by atoms with Gasteiger partial charge in [0.1, 0.15) is 5.60 Å². The molecule has 16 heavy (non-hydrogen) atoms. The van der Waals surface area contributed by atoms with Crippen LogP contribution in [0.1, 0.15) is 38.2 Å². The van der Waals surface area contributed by atoms with E-state index in [4.69, 9.17) is 9.84 Å². The van der Waals surface area contributed by atoms with Crippen LogP contribution < -0.4 is 4.74 Å². The Morgan fingerprint density at radius 2 is 2.44 bits per heavy atom. The summed E-state index contributed by atoms with van der Waals surface area (Å²) >= 11 is 0. The van der Waals surface area contributed by atoms with Crippen molar-refractivity contribution in [2.24, 2.45) is 0 Å². The van der Waals surface area contributed by atoms with Gasteiger partial charge in [0.05, 0.1) is 6.42 Å². The molecule has 1 N–H and O–H groups in total. The third-order valence-corrected chi connectivity index (χ3v) is 2.77. The second-order valence-corrected chi connectivity index (χ2v) is 4.76. The fourth-order valence-electron chi connectivity index (χ4n) is 2.20. The first-order valence-corrected chi connectivity index (χ1v) is 5.34. The van der Waals surface area contributed by atoms with Crippen LogP contribution in [0.25, 0.3) is 0 Å². The molecule has 86 valence electrons. The van der Waals surface area contributed by atoms with Gasteiger partial charge in [0.25, 0.3) is 0 Å². The normalized spacial score (nSPS) is 22.0. The van der Waals surface area contributed by atoms with Gasteiger partial charge in [-0.3, -0.25) is 4.79 Å². The molecule has 0 amide bonds. The molecule has 4 heteroatoms. The van der Waals surface area contributed by atoms with Crippen LogP contribution in [-0.4, -0.2) is 21.7 Å². The summed E-state index contributed by atoms with van der Waals surface area (Å²) in [5, 5.41) is 8.90. The van der Waals surface area contributed by atoms with E-state index in [1.807, 2.05) is 26.0 Å². The molecule has 2 rings (SSSR count). The summed E-state index contributed by atoms with van der Waals surface area (Å²) < 4.78 is 5.73. The summed E-state index contributed by atoms with van der Waals surface area (Å²) in [6.07, 6.45) is 2.50. The maximum Gasteiger partial charge on any atom is 0.303 e. The van der Waals surface area contributed by atoms with Crippen LogP contribution in [0, 0.1) is 0 Å². The van der Waals surface area contributed by atoms with Crippen molar-refractivity contribution in [3.05, 3.63) is 23.9 Å². The second-order valence-electron chi connectivity index (χ2n) is 4.76. The van der Waals surface area contributed by atoms with Crippen molar-refractivity contribution >= 4 is 5.97 Å². The smallest absolute Gasteiger partial charge is 0.303 e. The molecule has 1 aromatic heterocycles. The Balaban J connectivity index is 2.35. The number of nitrogens with zero attached hydrogens (tertiary/aromatic N) is 1. The molecule has 2 heterocycles. The molecule has 0 aromatic carbocycles. The Hall–Kier alpha value is -1.58. The molecular formula is C12H15NO3. The lowest BCUT2D eigenvalue weighted by molar-refractivity contribution is -0.137. The predicted octanol–water partition coefficient (Wildman–Crippen LogP) is 2.20. The molecule has 1 aliphatic heterocycles. The number of aliphatic carboxylic acids is 1.